The van der Waals surface area contributed by atoms with Gasteiger partial charge in [0.05, 0.1) is 0 Å². The second-order valence-electron chi connectivity index (χ2n) is 5.17. The van der Waals surface area contributed by atoms with Gasteiger partial charge in [-0.15, -0.1) is 0 Å². The lowest BCUT2D eigenvalue weighted by Gasteiger charge is -2.75. The molecule has 64 valence electrons. The fourth-order valence-electron chi connectivity index (χ4n) is 2.90. The van der Waals surface area contributed by atoms with Crippen molar-refractivity contribution in [2.45, 2.75) is 38.6 Å². The van der Waals surface area contributed by atoms with Gasteiger partial charge in [-0.3, -0.25) is 0 Å². The quantitative estimate of drug-likeness (QED) is 0.587. The summed E-state index contributed by atoms with van der Waals surface area (Å²) in [5, 5.41) is 0. The lowest BCUT2D eigenvalue weighted by molar-refractivity contribution is -0.229. The van der Waals surface area contributed by atoms with E-state index in [9.17, 15) is 0 Å². The average Bonchev–Trinajstić information content (AvgIpc) is 1.51. The van der Waals surface area contributed by atoms with Crippen LogP contribution in [-0.4, -0.2) is 24.5 Å². The summed E-state index contributed by atoms with van der Waals surface area (Å²) in [4.78, 5) is 2.43. The summed E-state index contributed by atoms with van der Waals surface area (Å²) < 4.78 is 0. The lowest BCUT2D eigenvalue weighted by Crippen LogP contribution is -2.74. The summed E-state index contributed by atoms with van der Waals surface area (Å²) in [6.07, 6.45) is 4.39. The van der Waals surface area contributed by atoms with Crippen LogP contribution in [0.3, 0.4) is 0 Å². The van der Waals surface area contributed by atoms with Crippen molar-refractivity contribution in [1.29, 1.82) is 0 Å². The molecule has 0 N–H and O–H groups in total. The topological polar surface area (TPSA) is 3.24 Å². The SMILES string of the molecule is CC(C)C12CC(N(C)C)(C1)C2. The Morgan fingerprint density at radius 1 is 1.09 bits per heavy atom. The molecule has 1 heteroatoms. The minimum Gasteiger partial charge on any atom is -0.304 e. The zero-order valence-corrected chi connectivity index (χ0v) is 8.15. The second kappa shape index (κ2) is 1.82. The van der Waals surface area contributed by atoms with Crippen LogP contribution in [0.4, 0.5) is 0 Å². The van der Waals surface area contributed by atoms with E-state index in [1.807, 2.05) is 0 Å². The summed E-state index contributed by atoms with van der Waals surface area (Å²) in [6.45, 7) is 4.75. The van der Waals surface area contributed by atoms with Gasteiger partial charge >= 0.3 is 0 Å². The molecule has 0 aromatic heterocycles. The summed E-state index contributed by atoms with van der Waals surface area (Å²) in [6, 6.07) is 0. The summed E-state index contributed by atoms with van der Waals surface area (Å²) in [7, 11) is 4.45. The van der Waals surface area contributed by atoms with Crippen LogP contribution in [0.2, 0.25) is 0 Å². The van der Waals surface area contributed by atoms with Gasteiger partial charge in [-0.05, 0) is 44.7 Å². The largest absolute Gasteiger partial charge is 0.304 e. The van der Waals surface area contributed by atoms with Crippen LogP contribution >= 0.6 is 0 Å². The molecule has 0 radical (unpaired) electrons. The molecule has 0 amide bonds. The van der Waals surface area contributed by atoms with Crippen molar-refractivity contribution in [2.24, 2.45) is 11.3 Å². The van der Waals surface area contributed by atoms with E-state index in [2.05, 4.69) is 32.8 Å². The zero-order valence-electron chi connectivity index (χ0n) is 8.15. The molecular formula is C10H19N. The number of nitrogens with zero attached hydrogens (tertiary/aromatic N) is 1. The number of rotatable bonds is 2. The molecule has 3 rings (SSSR count). The first-order valence-corrected chi connectivity index (χ1v) is 4.68. The van der Waals surface area contributed by atoms with E-state index in [1.54, 1.807) is 0 Å². The van der Waals surface area contributed by atoms with Crippen molar-refractivity contribution in [1.82, 2.24) is 4.90 Å². The van der Waals surface area contributed by atoms with Crippen molar-refractivity contribution < 1.29 is 0 Å². The van der Waals surface area contributed by atoms with Gasteiger partial charge < -0.3 is 4.90 Å². The molecule has 3 aliphatic rings. The molecule has 0 saturated heterocycles. The molecule has 11 heavy (non-hydrogen) atoms. The molecule has 0 aromatic carbocycles. The Hall–Kier alpha value is -0.0400. The fraction of sp³-hybridized carbons (Fsp3) is 1.00. The third-order valence-corrected chi connectivity index (χ3v) is 4.22. The van der Waals surface area contributed by atoms with Gasteiger partial charge in [0.15, 0.2) is 0 Å². The van der Waals surface area contributed by atoms with Gasteiger partial charge in [0.25, 0.3) is 0 Å². The van der Waals surface area contributed by atoms with Gasteiger partial charge in [0, 0.05) is 5.54 Å². The Balaban J connectivity index is 1.99. The van der Waals surface area contributed by atoms with Crippen LogP contribution in [0, 0.1) is 11.3 Å². The highest BCUT2D eigenvalue weighted by molar-refractivity contribution is 5.23. The summed E-state index contributed by atoms with van der Waals surface area (Å²) >= 11 is 0. The Bertz CT molecular complexity index is 144. The maximum absolute atomic E-state index is 2.43. The highest BCUT2D eigenvalue weighted by atomic mass is 15.2. The smallest absolute Gasteiger partial charge is 0.0219 e. The first kappa shape index (κ1) is 7.60. The summed E-state index contributed by atoms with van der Waals surface area (Å²) in [5.41, 5.74) is 1.41. The maximum atomic E-state index is 2.43. The monoisotopic (exact) mass is 153 g/mol. The van der Waals surface area contributed by atoms with E-state index < -0.39 is 0 Å². The lowest BCUT2D eigenvalue weighted by atomic mass is 9.36. The van der Waals surface area contributed by atoms with Crippen LogP contribution in [0.15, 0.2) is 0 Å². The van der Waals surface area contributed by atoms with Crippen LogP contribution < -0.4 is 0 Å². The molecule has 0 unspecified atom stereocenters. The maximum Gasteiger partial charge on any atom is 0.0219 e. The predicted molar refractivity (Wildman–Crippen MR) is 47.5 cm³/mol. The fourth-order valence-corrected chi connectivity index (χ4v) is 2.90. The van der Waals surface area contributed by atoms with Gasteiger partial charge in [-0.1, -0.05) is 13.8 Å². The van der Waals surface area contributed by atoms with Crippen LogP contribution in [0.5, 0.6) is 0 Å². The van der Waals surface area contributed by atoms with Gasteiger partial charge in [0.1, 0.15) is 0 Å². The molecule has 1 nitrogen and oxygen atoms in total. The highest BCUT2D eigenvalue weighted by Crippen LogP contribution is 2.72. The average molecular weight is 153 g/mol. The van der Waals surface area contributed by atoms with E-state index in [-0.39, 0.29) is 0 Å². The molecule has 0 aliphatic heterocycles. The van der Waals surface area contributed by atoms with Gasteiger partial charge in [-0.25, -0.2) is 0 Å². The number of hydrogen-bond donors (Lipinski definition) is 0. The van der Waals surface area contributed by atoms with Crippen molar-refractivity contribution in [3.05, 3.63) is 0 Å². The first-order chi connectivity index (χ1) is 5.01. The van der Waals surface area contributed by atoms with Crippen molar-refractivity contribution in [3.63, 3.8) is 0 Å². The van der Waals surface area contributed by atoms with Gasteiger partial charge in [0.2, 0.25) is 0 Å². The van der Waals surface area contributed by atoms with E-state index in [0.29, 0.717) is 5.54 Å². The predicted octanol–water partition coefficient (Wildman–Crippen LogP) is 2.13. The van der Waals surface area contributed by atoms with Crippen molar-refractivity contribution in [3.8, 4) is 0 Å². The first-order valence-electron chi connectivity index (χ1n) is 4.68. The third-order valence-electron chi connectivity index (χ3n) is 4.22. The molecule has 0 atom stereocenters. The van der Waals surface area contributed by atoms with E-state index >= 15 is 0 Å². The van der Waals surface area contributed by atoms with E-state index in [0.717, 1.165) is 11.3 Å². The molecule has 0 aromatic rings. The molecule has 3 fully saturated rings. The van der Waals surface area contributed by atoms with Crippen molar-refractivity contribution in [2.75, 3.05) is 14.1 Å². The van der Waals surface area contributed by atoms with Crippen molar-refractivity contribution >= 4 is 0 Å². The minimum atomic E-state index is 0.643. The molecule has 3 aliphatic carbocycles. The molecule has 2 bridgehead atoms. The molecule has 0 heterocycles. The van der Waals surface area contributed by atoms with Crippen LogP contribution in [0.1, 0.15) is 33.1 Å². The highest BCUT2D eigenvalue weighted by Gasteiger charge is 2.69. The Morgan fingerprint density at radius 3 is 1.82 bits per heavy atom. The third kappa shape index (κ3) is 0.703. The summed E-state index contributed by atoms with van der Waals surface area (Å²) in [5.74, 6) is 0.907. The number of hydrogen-bond acceptors (Lipinski definition) is 1. The second-order valence-corrected chi connectivity index (χ2v) is 5.17. The minimum absolute atomic E-state index is 0.643. The molecule has 3 saturated carbocycles. The van der Waals surface area contributed by atoms with Gasteiger partial charge in [-0.2, -0.15) is 0 Å². The van der Waals surface area contributed by atoms with E-state index in [4.69, 9.17) is 0 Å². The Morgan fingerprint density at radius 2 is 1.55 bits per heavy atom. The van der Waals surface area contributed by atoms with Crippen LogP contribution in [0.25, 0.3) is 0 Å². The standard InChI is InChI=1S/C10H19N/c1-8(2)9-5-10(6-9,7-9)11(3)4/h8H,5-7H2,1-4H3. The Kier molecular flexibility index (Phi) is 1.26. The zero-order chi connectivity index (χ0) is 8.28. The van der Waals surface area contributed by atoms with E-state index in [1.165, 1.54) is 19.3 Å². The molecule has 0 spiro atoms. The normalized spacial score (nSPS) is 47.5. The Labute approximate surface area is 69.8 Å². The molecular weight excluding hydrogens is 134 g/mol. The van der Waals surface area contributed by atoms with Crippen LogP contribution in [-0.2, 0) is 0 Å².